The number of carbonyl (C=O) groups is 1. The van der Waals surface area contributed by atoms with Gasteiger partial charge in [-0.2, -0.15) is 5.10 Å². The number of hydrogen-bond acceptors (Lipinski definition) is 3. The Hall–Kier alpha value is -3.57. The van der Waals surface area contributed by atoms with Crippen molar-refractivity contribution in [3.63, 3.8) is 0 Å². The number of aromatic amines is 1. The number of phenolic OH excluding ortho intramolecular Hbond substituents is 1. The monoisotopic (exact) mass is 415 g/mol. The van der Waals surface area contributed by atoms with Gasteiger partial charge in [-0.05, 0) is 48.9 Å². The predicted octanol–water partition coefficient (Wildman–Crippen LogP) is 5.49. The van der Waals surface area contributed by atoms with E-state index in [9.17, 15) is 9.90 Å². The highest BCUT2D eigenvalue weighted by molar-refractivity contribution is 6.30. The lowest BCUT2D eigenvalue weighted by Gasteiger charge is -2.26. The maximum absolute atomic E-state index is 13.4. The van der Waals surface area contributed by atoms with Crippen LogP contribution in [0.5, 0.6) is 5.75 Å². The van der Waals surface area contributed by atoms with Crippen molar-refractivity contribution in [2.24, 2.45) is 0 Å². The first-order chi connectivity index (χ1) is 14.5. The van der Waals surface area contributed by atoms with Gasteiger partial charge in [0.15, 0.2) is 0 Å². The molecule has 1 aromatic heterocycles. The van der Waals surface area contributed by atoms with Gasteiger partial charge < -0.3 is 5.11 Å². The molecule has 3 aromatic carbocycles. The van der Waals surface area contributed by atoms with Crippen LogP contribution in [0, 0.1) is 6.92 Å². The van der Waals surface area contributed by atoms with E-state index in [0.717, 1.165) is 33.6 Å². The zero-order valence-electron chi connectivity index (χ0n) is 16.1. The molecule has 2 N–H and O–H groups in total. The molecule has 0 saturated carbocycles. The van der Waals surface area contributed by atoms with Crippen LogP contribution >= 0.6 is 11.6 Å². The molecule has 0 radical (unpaired) electrons. The quantitative estimate of drug-likeness (QED) is 0.464. The Bertz CT molecular complexity index is 1250. The molecular weight excluding hydrogens is 398 g/mol. The van der Waals surface area contributed by atoms with Crippen molar-refractivity contribution in [2.75, 3.05) is 4.90 Å². The number of carbonyl (C=O) groups excluding carboxylic acids is 1. The number of hydrogen-bond donors (Lipinski definition) is 2. The highest BCUT2D eigenvalue weighted by Crippen LogP contribution is 2.45. The van der Waals surface area contributed by atoms with Crippen LogP contribution < -0.4 is 4.90 Å². The highest BCUT2D eigenvalue weighted by atomic mass is 35.5. The fraction of sp³-hybridized carbons (Fsp3) is 0.0833. The van der Waals surface area contributed by atoms with E-state index in [4.69, 9.17) is 11.6 Å². The van der Waals surface area contributed by atoms with Crippen LogP contribution in [0.25, 0.3) is 11.3 Å². The van der Waals surface area contributed by atoms with Gasteiger partial charge in [-0.3, -0.25) is 14.8 Å². The van der Waals surface area contributed by atoms with Gasteiger partial charge in [-0.1, -0.05) is 53.6 Å². The van der Waals surface area contributed by atoms with E-state index in [1.54, 1.807) is 35.2 Å². The van der Waals surface area contributed by atoms with Crippen molar-refractivity contribution in [2.45, 2.75) is 13.0 Å². The van der Waals surface area contributed by atoms with Crippen LogP contribution in [0.3, 0.4) is 0 Å². The Kier molecular flexibility index (Phi) is 4.33. The largest absolute Gasteiger partial charge is 0.508 e. The Morgan fingerprint density at radius 2 is 1.77 bits per heavy atom. The highest BCUT2D eigenvalue weighted by Gasteiger charge is 2.43. The molecule has 1 aliphatic heterocycles. The number of nitrogens with one attached hydrogen (secondary N) is 1. The number of aryl methyl sites for hydroxylation is 1. The maximum Gasteiger partial charge on any atom is 0.277 e. The second-order valence-corrected chi connectivity index (χ2v) is 7.81. The van der Waals surface area contributed by atoms with E-state index in [2.05, 4.69) is 10.2 Å². The van der Waals surface area contributed by atoms with E-state index >= 15 is 0 Å². The summed E-state index contributed by atoms with van der Waals surface area (Å²) in [7, 11) is 0. The number of anilines is 1. The van der Waals surface area contributed by atoms with E-state index < -0.39 is 6.04 Å². The number of fused-ring (bicyclic) bond motifs is 1. The summed E-state index contributed by atoms with van der Waals surface area (Å²) < 4.78 is 0. The second-order valence-electron chi connectivity index (χ2n) is 7.38. The third-order valence-corrected chi connectivity index (χ3v) is 5.64. The molecule has 148 valence electrons. The molecule has 5 nitrogen and oxygen atoms in total. The molecule has 5 rings (SSSR count). The van der Waals surface area contributed by atoms with Gasteiger partial charge in [0.2, 0.25) is 0 Å². The summed E-state index contributed by atoms with van der Waals surface area (Å²) in [6.45, 7) is 2.03. The SMILES string of the molecule is Cc1ccc(-c2n[nH]c3c2C(c2cccc(O)c2)N(c2ccc(Cl)cc2)C3=O)cc1. The van der Waals surface area contributed by atoms with Crippen molar-refractivity contribution in [1.29, 1.82) is 0 Å². The van der Waals surface area contributed by atoms with Crippen molar-refractivity contribution in [3.8, 4) is 17.0 Å². The molecule has 0 fully saturated rings. The van der Waals surface area contributed by atoms with Crippen molar-refractivity contribution >= 4 is 23.2 Å². The smallest absolute Gasteiger partial charge is 0.277 e. The molecule has 0 saturated heterocycles. The molecule has 1 amide bonds. The summed E-state index contributed by atoms with van der Waals surface area (Å²) >= 11 is 6.06. The van der Waals surface area contributed by atoms with Gasteiger partial charge >= 0.3 is 0 Å². The van der Waals surface area contributed by atoms with Crippen LogP contribution in [0.1, 0.15) is 33.2 Å². The normalized spacial score (nSPS) is 15.5. The predicted molar refractivity (Wildman–Crippen MR) is 117 cm³/mol. The molecule has 6 heteroatoms. The van der Waals surface area contributed by atoms with E-state index in [-0.39, 0.29) is 11.7 Å². The first-order valence-electron chi connectivity index (χ1n) is 9.56. The minimum absolute atomic E-state index is 0.143. The van der Waals surface area contributed by atoms with Gasteiger partial charge in [0.1, 0.15) is 11.4 Å². The summed E-state index contributed by atoms with van der Waals surface area (Å²) in [5, 5.41) is 18.1. The second kappa shape index (κ2) is 7.04. The van der Waals surface area contributed by atoms with Crippen molar-refractivity contribution in [3.05, 3.63) is 100 Å². The van der Waals surface area contributed by atoms with Gasteiger partial charge in [-0.15, -0.1) is 0 Å². The van der Waals surface area contributed by atoms with E-state index in [1.165, 1.54) is 0 Å². The third-order valence-electron chi connectivity index (χ3n) is 5.38. The van der Waals surface area contributed by atoms with Gasteiger partial charge in [0.25, 0.3) is 5.91 Å². The van der Waals surface area contributed by atoms with Crippen molar-refractivity contribution in [1.82, 2.24) is 10.2 Å². The average Bonchev–Trinajstić information content (AvgIpc) is 3.28. The average molecular weight is 416 g/mol. The van der Waals surface area contributed by atoms with Crippen LogP contribution in [0.2, 0.25) is 5.02 Å². The minimum Gasteiger partial charge on any atom is -0.508 e. The number of aromatic nitrogens is 2. The van der Waals surface area contributed by atoms with Gasteiger partial charge in [0, 0.05) is 21.8 Å². The summed E-state index contributed by atoms with van der Waals surface area (Å²) in [5.74, 6) is -0.0311. The number of halogens is 1. The topological polar surface area (TPSA) is 69.2 Å². The Labute approximate surface area is 178 Å². The molecular formula is C24H18ClN3O2. The number of rotatable bonds is 3. The Morgan fingerprint density at radius 1 is 1.03 bits per heavy atom. The lowest BCUT2D eigenvalue weighted by Crippen LogP contribution is -2.29. The zero-order valence-corrected chi connectivity index (χ0v) is 16.9. The number of amides is 1. The van der Waals surface area contributed by atoms with Crippen LogP contribution in [-0.2, 0) is 0 Å². The maximum atomic E-state index is 13.4. The van der Waals surface area contributed by atoms with Crippen LogP contribution in [0.4, 0.5) is 5.69 Å². The molecule has 2 heterocycles. The summed E-state index contributed by atoms with van der Waals surface area (Å²) in [6, 6.07) is 21.7. The first-order valence-corrected chi connectivity index (χ1v) is 9.94. The summed E-state index contributed by atoms with van der Waals surface area (Å²) in [4.78, 5) is 15.1. The minimum atomic E-state index is -0.434. The first kappa shape index (κ1) is 18.5. The third kappa shape index (κ3) is 2.95. The molecule has 30 heavy (non-hydrogen) atoms. The Morgan fingerprint density at radius 3 is 2.47 bits per heavy atom. The molecule has 1 atom stereocenters. The zero-order chi connectivity index (χ0) is 20.8. The molecule has 0 spiro atoms. The molecule has 1 aliphatic rings. The van der Waals surface area contributed by atoms with E-state index in [0.29, 0.717) is 10.7 Å². The van der Waals surface area contributed by atoms with Crippen LogP contribution in [0.15, 0.2) is 72.8 Å². The standard InChI is InChI=1S/C24H18ClN3O2/c1-14-5-7-15(8-6-14)21-20-22(27-26-21)24(30)28(18-11-9-17(25)10-12-18)23(20)16-3-2-4-19(29)13-16/h2-13,23,29H,1H3,(H,26,27). The number of nitrogens with zero attached hydrogens (tertiary/aromatic N) is 2. The lowest BCUT2D eigenvalue weighted by atomic mass is 9.95. The van der Waals surface area contributed by atoms with Crippen molar-refractivity contribution < 1.29 is 9.90 Å². The number of benzene rings is 3. The molecule has 0 aliphatic carbocycles. The van der Waals surface area contributed by atoms with Crippen LogP contribution in [-0.4, -0.2) is 21.2 Å². The lowest BCUT2D eigenvalue weighted by molar-refractivity contribution is 0.0988. The molecule has 1 unspecified atom stereocenters. The van der Waals surface area contributed by atoms with Gasteiger partial charge in [-0.25, -0.2) is 0 Å². The fourth-order valence-electron chi connectivity index (χ4n) is 3.96. The summed E-state index contributed by atoms with van der Waals surface area (Å²) in [5.41, 5.74) is 5.56. The number of phenols is 1. The molecule has 0 bridgehead atoms. The fourth-order valence-corrected chi connectivity index (χ4v) is 4.08. The number of aromatic hydroxyl groups is 1. The molecule has 4 aromatic rings. The summed E-state index contributed by atoms with van der Waals surface area (Å²) in [6.07, 6.45) is 0. The van der Waals surface area contributed by atoms with Gasteiger partial charge in [0.05, 0.1) is 11.7 Å². The Balaban J connectivity index is 1.72. The van der Waals surface area contributed by atoms with E-state index in [1.807, 2.05) is 49.4 Å². The number of H-pyrrole nitrogens is 1.